The number of nitrogens with one attached hydrogen (secondary N) is 2. The molecular weight excluding hydrogens is 319 g/mol. The van der Waals surface area contributed by atoms with Crippen molar-refractivity contribution in [3.63, 3.8) is 0 Å². The first-order valence-electron chi connectivity index (χ1n) is 7.12. The third-order valence-corrected chi connectivity index (χ3v) is 3.55. The average Bonchev–Trinajstić information content (AvgIpc) is 2.99. The highest BCUT2D eigenvalue weighted by molar-refractivity contribution is 5.74. The van der Waals surface area contributed by atoms with Gasteiger partial charge < -0.3 is 5.32 Å². The Morgan fingerprint density at radius 2 is 1.75 bits per heavy atom. The summed E-state index contributed by atoms with van der Waals surface area (Å²) in [7, 11) is 0. The fourth-order valence-corrected chi connectivity index (χ4v) is 2.60. The summed E-state index contributed by atoms with van der Waals surface area (Å²) in [6, 6.07) is 6.20. The van der Waals surface area contributed by atoms with Crippen molar-refractivity contribution in [3.05, 3.63) is 53.6 Å². The standard InChI is InChI=1S/C16H14F3N5/c1-9-5-12(23-15-21-8-22-24-15)6-10(2)14(9)11-3-4-13(20-7-11)16(17,18)19/h3-8H,1-2H3,(H2,21,22,23,24). The molecule has 0 atom stereocenters. The molecule has 124 valence electrons. The fourth-order valence-electron chi connectivity index (χ4n) is 2.60. The van der Waals surface area contributed by atoms with Crippen LogP contribution in [0.4, 0.5) is 24.8 Å². The monoisotopic (exact) mass is 333 g/mol. The van der Waals surface area contributed by atoms with Gasteiger partial charge in [0.15, 0.2) is 0 Å². The minimum Gasteiger partial charge on any atom is -0.323 e. The number of benzene rings is 1. The van der Waals surface area contributed by atoms with Crippen LogP contribution in [0.3, 0.4) is 0 Å². The van der Waals surface area contributed by atoms with Gasteiger partial charge >= 0.3 is 6.18 Å². The Hall–Kier alpha value is -2.90. The van der Waals surface area contributed by atoms with Gasteiger partial charge in [-0.1, -0.05) is 6.07 Å². The maximum atomic E-state index is 12.6. The number of hydrogen-bond donors (Lipinski definition) is 2. The van der Waals surface area contributed by atoms with E-state index in [0.29, 0.717) is 11.5 Å². The van der Waals surface area contributed by atoms with Crippen LogP contribution in [0, 0.1) is 13.8 Å². The van der Waals surface area contributed by atoms with Crippen LogP contribution in [0.15, 0.2) is 36.8 Å². The average molecular weight is 333 g/mol. The van der Waals surface area contributed by atoms with Gasteiger partial charge in [-0.15, -0.1) is 5.10 Å². The number of rotatable bonds is 3. The Labute approximate surface area is 136 Å². The molecule has 0 unspecified atom stereocenters. The molecule has 0 radical (unpaired) electrons. The molecule has 2 aromatic heterocycles. The molecule has 0 fully saturated rings. The number of anilines is 2. The number of nitrogens with zero attached hydrogens (tertiary/aromatic N) is 3. The normalized spacial score (nSPS) is 11.5. The molecule has 3 aromatic rings. The zero-order valence-electron chi connectivity index (χ0n) is 12.9. The van der Waals surface area contributed by atoms with E-state index in [1.165, 1.54) is 18.6 Å². The van der Waals surface area contributed by atoms with E-state index < -0.39 is 11.9 Å². The van der Waals surface area contributed by atoms with Crippen molar-refractivity contribution in [2.45, 2.75) is 20.0 Å². The number of aryl methyl sites for hydroxylation is 2. The van der Waals surface area contributed by atoms with Crippen molar-refractivity contribution in [1.29, 1.82) is 0 Å². The van der Waals surface area contributed by atoms with Gasteiger partial charge in [0.2, 0.25) is 5.95 Å². The van der Waals surface area contributed by atoms with Crippen LogP contribution in [0.2, 0.25) is 0 Å². The molecule has 8 heteroatoms. The fraction of sp³-hybridized carbons (Fsp3) is 0.188. The molecule has 0 saturated carbocycles. The molecular formula is C16H14F3N5. The molecule has 0 amide bonds. The molecule has 1 aromatic carbocycles. The second-order valence-corrected chi connectivity index (χ2v) is 5.36. The lowest BCUT2D eigenvalue weighted by Crippen LogP contribution is -2.07. The third-order valence-electron chi connectivity index (χ3n) is 3.55. The van der Waals surface area contributed by atoms with E-state index in [2.05, 4.69) is 25.5 Å². The van der Waals surface area contributed by atoms with Crippen LogP contribution in [0.5, 0.6) is 0 Å². The van der Waals surface area contributed by atoms with Gasteiger partial charge in [0.05, 0.1) is 0 Å². The predicted octanol–water partition coefficient (Wildman–Crippen LogP) is 4.25. The van der Waals surface area contributed by atoms with Gasteiger partial charge in [-0.05, 0) is 48.7 Å². The van der Waals surface area contributed by atoms with E-state index in [4.69, 9.17) is 0 Å². The first-order chi connectivity index (χ1) is 11.3. The number of aromatic nitrogens is 4. The number of hydrogen-bond acceptors (Lipinski definition) is 4. The molecule has 0 aliphatic heterocycles. The largest absolute Gasteiger partial charge is 0.433 e. The Kier molecular flexibility index (Phi) is 3.96. The van der Waals surface area contributed by atoms with Crippen molar-refractivity contribution in [3.8, 4) is 11.1 Å². The molecule has 24 heavy (non-hydrogen) atoms. The molecule has 0 aliphatic carbocycles. The topological polar surface area (TPSA) is 66.5 Å². The van der Waals surface area contributed by atoms with Gasteiger partial charge in [0.25, 0.3) is 0 Å². The smallest absolute Gasteiger partial charge is 0.323 e. The number of alkyl halides is 3. The number of aromatic amines is 1. The van der Waals surface area contributed by atoms with Crippen molar-refractivity contribution in [2.75, 3.05) is 5.32 Å². The van der Waals surface area contributed by atoms with Crippen molar-refractivity contribution < 1.29 is 13.2 Å². The summed E-state index contributed by atoms with van der Waals surface area (Å²) in [5, 5.41) is 9.59. The summed E-state index contributed by atoms with van der Waals surface area (Å²) in [6.07, 6.45) is -1.72. The molecule has 3 rings (SSSR count). The molecule has 0 bridgehead atoms. The van der Waals surface area contributed by atoms with E-state index in [1.54, 1.807) is 0 Å². The zero-order valence-corrected chi connectivity index (χ0v) is 12.9. The molecule has 0 aliphatic rings. The maximum Gasteiger partial charge on any atom is 0.433 e. The lowest BCUT2D eigenvalue weighted by Gasteiger charge is -2.14. The quantitative estimate of drug-likeness (QED) is 0.752. The summed E-state index contributed by atoms with van der Waals surface area (Å²) in [6.45, 7) is 3.78. The van der Waals surface area contributed by atoms with Crippen LogP contribution >= 0.6 is 0 Å². The SMILES string of the molecule is Cc1cc(Nc2nc[nH]n2)cc(C)c1-c1ccc(C(F)(F)F)nc1. The molecule has 0 spiro atoms. The van der Waals surface area contributed by atoms with Crippen LogP contribution in [-0.4, -0.2) is 20.2 Å². The lowest BCUT2D eigenvalue weighted by molar-refractivity contribution is -0.141. The van der Waals surface area contributed by atoms with Gasteiger partial charge in [0.1, 0.15) is 12.0 Å². The predicted molar refractivity (Wildman–Crippen MR) is 83.8 cm³/mol. The minimum absolute atomic E-state index is 0.442. The summed E-state index contributed by atoms with van der Waals surface area (Å²) < 4.78 is 37.9. The summed E-state index contributed by atoms with van der Waals surface area (Å²) in [5.74, 6) is 0.442. The highest BCUT2D eigenvalue weighted by atomic mass is 19.4. The van der Waals surface area contributed by atoms with Gasteiger partial charge in [-0.3, -0.25) is 10.1 Å². The van der Waals surface area contributed by atoms with E-state index in [-0.39, 0.29) is 0 Å². The maximum absolute atomic E-state index is 12.6. The Morgan fingerprint density at radius 1 is 1.04 bits per heavy atom. The number of H-pyrrole nitrogens is 1. The number of pyridine rings is 1. The molecule has 2 N–H and O–H groups in total. The van der Waals surface area contributed by atoms with E-state index in [1.807, 2.05) is 26.0 Å². The Morgan fingerprint density at radius 3 is 2.25 bits per heavy atom. The Balaban J connectivity index is 1.94. The minimum atomic E-state index is -4.44. The van der Waals surface area contributed by atoms with Crippen LogP contribution in [-0.2, 0) is 6.18 Å². The van der Waals surface area contributed by atoms with Gasteiger partial charge in [-0.2, -0.15) is 13.2 Å². The zero-order chi connectivity index (χ0) is 17.3. The lowest BCUT2D eigenvalue weighted by atomic mass is 9.96. The van der Waals surface area contributed by atoms with Crippen molar-refractivity contribution in [2.24, 2.45) is 0 Å². The van der Waals surface area contributed by atoms with Gasteiger partial charge in [0, 0.05) is 17.4 Å². The van der Waals surface area contributed by atoms with Crippen LogP contribution in [0.25, 0.3) is 11.1 Å². The second kappa shape index (κ2) is 5.95. The Bertz CT molecular complexity index is 816. The first-order valence-corrected chi connectivity index (χ1v) is 7.12. The van der Waals surface area contributed by atoms with Gasteiger partial charge in [-0.25, -0.2) is 4.98 Å². The summed E-state index contributed by atoms with van der Waals surface area (Å²) >= 11 is 0. The van der Waals surface area contributed by atoms with E-state index in [0.717, 1.165) is 28.4 Å². The van der Waals surface area contributed by atoms with E-state index in [9.17, 15) is 13.2 Å². The van der Waals surface area contributed by atoms with Crippen LogP contribution in [0.1, 0.15) is 16.8 Å². The summed E-state index contributed by atoms with van der Waals surface area (Å²) in [4.78, 5) is 7.52. The number of halogens is 3. The third kappa shape index (κ3) is 3.22. The van der Waals surface area contributed by atoms with Crippen molar-refractivity contribution >= 4 is 11.6 Å². The molecule has 0 saturated heterocycles. The highest BCUT2D eigenvalue weighted by Gasteiger charge is 2.32. The summed E-state index contributed by atoms with van der Waals surface area (Å²) in [5.41, 5.74) is 3.22. The first kappa shape index (κ1) is 16.0. The highest BCUT2D eigenvalue weighted by Crippen LogP contribution is 2.33. The van der Waals surface area contributed by atoms with Crippen LogP contribution < -0.4 is 5.32 Å². The van der Waals surface area contributed by atoms with Crippen molar-refractivity contribution in [1.82, 2.24) is 20.2 Å². The van der Waals surface area contributed by atoms with E-state index >= 15 is 0 Å². The second-order valence-electron chi connectivity index (χ2n) is 5.36. The molecule has 5 nitrogen and oxygen atoms in total. The molecule has 2 heterocycles.